The topological polar surface area (TPSA) is 33.4 Å². The summed E-state index contributed by atoms with van der Waals surface area (Å²) in [6, 6.07) is 12.5. The maximum atomic E-state index is 10.6. The minimum absolute atomic E-state index is 0.582. The summed E-state index contributed by atoms with van der Waals surface area (Å²) in [6.45, 7) is 0. The fourth-order valence-corrected chi connectivity index (χ4v) is 2.97. The Bertz CT molecular complexity index is 479. The highest BCUT2D eigenvalue weighted by Gasteiger charge is 2.35. The molecule has 0 saturated heterocycles. The third kappa shape index (κ3) is 2.08. The van der Waals surface area contributed by atoms with Crippen LogP contribution < -0.4 is 0 Å². The molecule has 1 heterocycles. The lowest BCUT2D eigenvalue weighted by Crippen LogP contribution is -2.30. The molecule has 1 aliphatic carbocycles. The van der Waals surface area contributed by atoms with E-state index in [0.29, 0.717) is 5.92 Å². The Morgan fingerprint density at radius 1 is 1.06 bits per heavy atom. The van der Waals surface area contributed by atoms with E-state index >= 15 is 0 Å². The Kier molecular flexibility index (Phi) is 2.96. The monoisotopic (exact) mass is 242 g/mol. The van der Waals surface area contributed by atoms with E-state index in [4.69, 9.17) is 4.42 Å². The SMILES string of the molecule is OC1(c2ccoc2)CCC(c2ccccc2)CC1. The lowest BCUT2D eigenvalue weighted by Gasteiger charge is -2.35. The van der Waals surface area contributed by atoms with Crippen molar-refractivity contribution >= 4 is 0 Å². The second kappa shape index (κ2) is 4.62. The highest BCUT2D eigenvalue weighted by Crippen LogP contribution is 2.43. The van der Waals surface area contributed by atoms with Gasteiger partial charge in [0.2, 0.25) is 0 Å². The molecule has 2 nitrogen and oxygen atoms in total. The van der Waals surface area contributed by atoms with Crippen molar-refractivity contribution in [3.8, 4) is 0 Å². The number of hydrogen-bond acceptors (Lipinski definition) is 2. The first kappa shape index (κ1) is 11.5. The maximum absolute atomic E-state index is 10.6. The Labute approximate surface area is 107 Å². The van der Waals surface area contributed by atoms with E-state index < -0.39 is 5.60 Å². The van der Waals surface area contributed by atoms with Gasteiger partial charge in [-0.15, -0.1) is 0 Å². The van der Waals surface area contributed by atoms with Gasteiger partial charge in [0, 0.05) is 5.56 Å². The first-order valence-corrected chi connectivity index (χ1v) is 6.58. The Morgan fingerprint density at radius 2 is 1.78 bits per heavy atom. The quantitative estimate of drug-likeness (QED) is 0.868. The van der Waals surface area contributed by atoms with Crippen molar-refractivity contribution in [3.63, 3.8) is 0 Å². The summed E-state index contributed by atoms with van der Waals surface area (Å²) in [7, 11) is 0. The summed E-state index contributed by atoms with van der Waals surface area (Å²) in [6.07, 6.45) is 7.00. The molecule has 0 bridgehead atoms. The van der Waals surface area contributed by atoms with Crippen LogP contribution in [0.1, 0.15) is 42.7 Å². The lowest BCUT2D eigenvalue weighted by molar-refractivity contribution is -0.00613. The van der Waals surface area contributed by atoms with Crippen LogP contribution in [0.5, 0.6) is 0 Å². The molecule has 0 atom stereocenters. The van der Waals surface area contributed by atoms with E-state index in [1.54, 1.807) is 12.5 Å². The molecule has 0 spiro atoms. The van der Waals surface area contributed by atoms with E-state index in [9.17, 15) is 5.11 Å². The van der Waals surface area contributed by atoms with E-state index in [2.05, 4.69) is 24.3 Å². The Morgan fingerprint density at radius 3 is 2.39 bits per heavy atom. The molecule has 2 aromatic rings. The molecule has 0 amide bonds. The molecule has 2 heteroatoms. The number of benzene rings is 1. The number of furan rings is 1. The molecule has 18 heavy (non-hydrogen) atoms. The highest BCUT2D eigenvalue weighted by molar-refractivity contribution is 5.23. The van der Waals surface area contributed by atoms with Crippen LogP contribution in [-0.2, 0) is 5.60 Å². The maximum Gasteiger partial charge on any atom is 0.0963 e. The fraction of sp³-hybridized carbons (Fsp3) is 0.375. The van der Waals surface area contributed by atoms with E-state index in [1.807, 2.05) is 12.1 Å². The summed E-state index contributed by atoms with van der Waals surface area (Å²) in [5.74, 6) is 0.582. The summed E-state index contributed by atoms with van der Waals surface area (Å²) in [5.41, 5.74) is 1.64. The van der Waals surface area contributed by atoms with Crippen molar-refractivity contribution in [3.05, 3.63) is 60.1 Å². The largest absolute Gasteiger partial charge is 0.472 e. The second-order valence-electron chi connectivity index (χ2n) is 5.23. The molecule has 1 aromatic heterocycles. The average Bonchev–Trinajstić information content (AvgIpc) is 2.95. The summed E-state index contributed by atoms with van der Waals surface area (Å²) in [5, 5.41) is 10.6. The van der Waals surface area contributed by atoms with Crippen LogP contribution >= 0.6 is 0 Å². The first-order chi connectivity index (χ1) is 8.78. The van der Waals surface area contributed by atoms with Crippen LogP contribution in [0.3, 0.4) is 0 Å². The van der Waals surface area contributed by atoms with Crippen molar-refractivity contribution in [2.75, 3.05) is 0 Å². The van der Waals surface area contributed by atoms with Gasteiger partial charge in [0.05, 0.1) is 18.1 Å². The van der Waals surface area contributed by atoms with Crippen molar-refractivity contribution < 1.29 is 9.52 Å². The lowest BCUT2D eigenvalue weighted by atomic mass is 9.74. The Hall–Kier alpha value is -1.54. The number of hydrogen-bond donors (Lipinski definition) is 1. The van der Waals surface area contributed by atoms with Crippen molar-refractivity contribution in [2.24, 2.45) is 0 Å². The molecule has 0 radical (unpaired) electrons. The van der Waals surface area contributed by atoms with Gasteiger partial charge in [-0.2, -0.15) is 0 Å². The zero-order chi connectivity index (χ0) is 12.4. The Balaban J connectivity index is 1.72. The summed E-state index contributed by atoms with van der Waals surface area (Å²) < 4.78 is 5.08. The fourth-order valence-electron chi connectivity index (χ4n) is 2.97. The molecular weight excluding hydrogens is 224 g/mol. The number of rotatable bonds is 2. The third-order valence-corrected chi connectivity index (χ3v) is 4.14. The van der Waals surface area contributed by atoms with Gasteiger partial charge in [0.1, 0.15) is 0 Å². The van der Waals surface area contributed by atoms with E-state index in [-0.39, 0.29) is 0 Å². The predicted octanol–water partition coefficient (Wildman–Crippen LogP) is 3.83. The molecule has 0 aliphatic heterocycles. The molecule has 1 fully saturated rings. The van der Waals surface area contributed by atoms with Crippen LogP contribution in [0.25, 0.3) is 0 Å². The van der Waals surface area contributed by atoms with Crippen molar-refractivity contribution in [1.82, 2.24) is 0 Å². The molecule has 1 aliphatic rings. The third-order valence-electron chi connectivity index (χ3n) is 4.14. The second-order valence-corrected chi connectivity index (χ2v) is 5.23. The van der Waals surface area contributed by atoms with Crippen LogP contribution in [0.2, 0.25) is 0 Å². The molecule has 3 rings (SSSR count). The van der Waals surface area contributed by atoms with Gasteiger partial charge in [-0.3, -0.25) is 0 Å². The van der Waals surface area contributed by atoms with Crippen LogP contribution in [-0.4, -0.2) is 5.11 Å². The average molecular weight is 242 g/mol. The van der Waals surface area contributed by atoms with Gasteiger partial charge in [0.15, 0.2) is 0 Å². The van der Waals surface area contributed by atoms with Crippen LogP contribution in [0, 0.1) is 0 Å². The normalized spacial score (nSPS) is 28.2. The van der Waals surface area contributed by atoms with Gasteiger partial charge in [-0.1, -0.05) is 30.3 Å². The molecular formula is C16H18O2. The zero-order valence-corrected chi connectivity index (χ0v) is 10.4. The van der Waals surface area contributed by atoms with Gasteiger partial charge in [0.25, 0.3) is 0 Å². The summed E-state index contributed by atoms with van der Waals surface area (Å²) in [4.78, 5) is 0. The minimum atomic E-state index is -0.682. The molecule has 1 aromatic carbocycles. The number of aliphatic hydroxyl groups is 1. The minimum Gasteiger partial charge on any atom is -0.472 e. The molecule has 94 valence electrons. The van der Waals surface area contributed by atoms with Crippen molar-refractivity contribution in [1.29, 1.82) is 0 Å². The van der Waals surface area contributed by atoms with Gasteiger partial charge in [-0.25, -0.2) is 0 Å². The van der Waals surface area contributed by atoms with Crippen LogP contribution in [0.15, 0.2) is 53.3 Å². The molecule has 1 saturated carbocycles. The van der Waals surface area contributed by atoms with Gasteiger partial charge in [-0.05, 0) is 43.2 Å². The highest BCUT2D eigenvalue weighted by atomic mass is 16.3. The van der Waals surface area contributed by atoms with Crippen molar-refractivity contribution in [2.45, 2.75) is 37.2 Å². The first-order valence-electron chi connectivity index (χ1n) is 6.58. The zero-order valence-electron chi connectivity index (χ0n) is 10.4. The van der Waals surface area contributed by atoms with Gasteiger partial charge >= 0.3 is 0 Å². The van der Waals surface area contributed by atoms with Gasteiger partial charge < -0.3 is 9.52 Å². The molecule has 1 N–H and O–H groups in total. The summed E-state index contributed by atoms with van der Waals surface area (Å²) >= 11 is 0. The van der Waals surface area contributed by atoms with Crippen LogP contribution in [0.4, 0.5) is 0 Å². The predicted molar refractivity (Wildman–Crippen MR) is 70.3 cm³/mol. The van der Waals surface area contributed by atoms with E-state index in [1.165, 1.54) is 5.56 Å². The molecule has 0 unspecified atom stereocenters. The standard InChI is InChI=1S/C16H18O2/c17-16(15-8-11-18-12-15)9-6-14(7-10-16)13-4-2-1-3-5-13/h1-5,8,11-12,14,17H,6-7,9-10H2. The van der Waals surface area contributed by atoms with E-state index in [0.717, 1.165) is 31.2 Å². The smallest absolute Gasteiger partial charge is 0.0963 e.